The average Bonchev–Trinajstić information content (AvgIpc) is 2.45. The second-order valence-electron chi connectivity index (χ2n) is 4.37. The number of nitrogens with one attached hydrogen (secondary N) is 1. The molecule has 0 spiro atoms. The number of hydrogen-bond acceptors (Lipinski definition) is 3. The van der Waals surface area contributed by atoms with Crippen LogP contribution < -0.4 is 5.32 Å². The van der Waals surface area contributed by atoms with Crippen molar-refractivity contribution in [3.63, 3.8) is 0 Å². The second kappa shape index (κ2) is 8.16. The molecular formula is C14H20N2O4. The van der Waals surface area contributed by atoms with Gasteiger partial charge in [-0.2, -0.15) is 0 Å². The maximum Gasteiger partial charge on any atom is 0.335 e. The fraction of sp³-hybridized carbons (Fsp3) is 0.429. The molecule has 2 amide bonds. The lowest BCUT2D eigenvalue weighted by Crippen LogP contribution is -2.41. The summed E-state index contributed by atoms with van der Waals surface area (Å²) in [6.45, 7) is 2.98. The van der Waals surface area contributed by atoms with Crippen molar-refractivity contribution in [1.82, 2.24) is 10.2 Å². The van der Waals surface area contributed by atoms with E-state index in [1.165, 1.54) is 17.0 Å². The van der Waals surface area contributed by atoms with Gasteiger partial charge in [0.1, 0.15) is 0 Å². The molecule has 0 aliphatic rings. The molecule has 1 aromatic rings. The van der Waals surface area contributed by atoms with E-state index in [9.17, 15) is 9.59 Å². The van der Waals surface area contributed by atoms with Gasteiger partial charge in [-0.1, -0.05) is 19.1 Å². The van der Waals surface area contributed by atoms with Crippen LogP contribution in [0.15, 0.2) is 24.3 Å². The first-order chi connectivity index (χ1) is 9.58. The van der Waals surface area contributed by atoms with Gasteiger partial charge >= 0.3 is 12.0 Å². The number of amides is 2. The van der Waals surface area contributed by atoms with Gasteiger partial charge in [0.15, 0.2) is 0 Å². The summed E-state index contributed by atoms with van der Waals surface area (Å²) in [4.78, 5) is 24.3. The van der Waals surface area contributed by atoms with Crippen molar-refractivity contribution >= 4 is 12.0 Å². The van der Waals surface area contributed by atoms with E-state index in [0.29, 0.717) is 6.54 Å². The van der Waals surface area contributed by atoms with Gasteiger partial charge in [0.25, 0.3) is 0 Å². The highest BCUT2D eigenvalue weighted by atomic mass is 16.4. The monoisotopic (exact) mass is 280 g/mol. The summed E-state index contributed by atoms with van der Waals surface area (Å²) in [5, 5.41) is 20.5. The summed E-state index contributed by atoms with van der Waals surface area (Å²) in [6.07, 6.45) is 0.807. The molecule has 0 atom stereocenters. The van der Waals surface area contributed by atoms with Gasteiger partial charge in [-0.25, -0.2) is 9.59 Å². The van der Waals surface area contributed by atoms with E-state index >= 15 is 0 Å². The Labute approximate surface area is 118 Å². The molecule has 0 heterocycles. The van der Waals surface area contributed by atoms with Crippen molar-refractivity contribution in [3.8, 4) is 0 Å². The van der Waals surface area contributed by atoms with E-state index in [1.54, 1.807) is 12.1 Å². The zero-order valence-corrected chi connectivity index (χ0v) is 11.5. The van der Waals surface area contributed by atoms with Gasteiger partial charge in [-0.05, 0) is 24.1 Å². The molecule has 3 N–H and O–H groups in total. The zero-order valence-electron chi connectivity index (χ0n) is 11.5. The third-order valence-corrected chi connectivity index (χ3v) is 2.77. The Hall–Kier alpha value is -2.08. The number of aliphatic hydroxyl groups excluding tert-OH is 1. The number of urea groups is 1. The Balaban J connectivity index is 2.59. The Kier molecular flexibility index (Phi) is 6.52. The van der Waals surface area contributed by atoms with Crippen molar-refractivity contribution in [2.75, 3.05) is 19.7 Å². The summed E-state index contributed by atoms with van der Waals surface area (Å²) >= 11 is 0. The number of carboxylic acids is 1. The minimum absolute atomic E-state index is 0.0814. The van der Waals surface area contributed by atoms with Crippen molar-refractivity contribution in [2.24, 2.45) is 0 Å². The number of carbonyl (C=O) groups excluding carboxylic acids is 1. The van der Waals surface area contributed by atoms with Crippen LogP contribution >= 0.6 is 0 Å². The summed E-state index contributed by atoms with van der Waals surface area (Å²) in [5.41, 5.74) is 0.913. The highest BCUT2D eigenvalue weighted by Gasteiger charge is 2.11. The smallest absolute Gasteiger partial charge is 0.335 e. The molecule has 6 nitrogen and oxygen atoms in total. The molecule has 0 saturated carbocycles. The lowest BCUT2D eigenvalue weighted by Gasteiger charge is -2.21. The van der Waals surface area contributed by atoms with Crippen molar-refractivity contribution in [2.45, 2.75) is 19.9 Å². The van der Waals surface area contributed by atoms with E-state index in [-0.39, 0.29) is 31.3 Å². The standard InChI is InChI=1S/C14H20N2O4/c1-2-6-16(7-8-17)14(20)15-10-11-4-3-5-12(9-11)13(18)19/h3-5,9,17H,2,6-8,10H2,1H3,(H,15,20)(H,18,19). The summed E-state index contributed by atoms with van der Waals surface area (Å²) in [7, 11) is 0. The molecular weight excluding hydrogens is 260 g/mol. The number of rotatable bonds is 7. The number of aromatic carboxylic acids is 1. The molecule has 0 saturated heterocycles. The minimum atomic E-state index is -0.994. The maximum atomic E-state index is 11.9. The van der Waals surface area contributed by atoms with Crippen LogP contribution in [0.3, 0.4) is 0 Å². The van der Waals surface area contributed by atoms with E-state index in [2.05, 4.69) is 5.32 Å². The third kappa shape index (κ3) is 4.89. The highest BCUT2D eigenvalue weighted by Crippen LogP contribution is 2.05. The minimum Gasteiger partial charge on any atom is -0.478 e. The van der Waals surface area contributed by atoms with E-state index in [1.807, 2.05) is 6.92 Å². The fourth-order valence-electron chi connectivity index (χ4n) is 1.81. The highest BCUT2D eigenvalue weighted by molar-refractivity contribution is 5.87. The maximum absolute atomic E-state index is 11.9. The Morgan fingerprint density at radius 2 is 2.05 bits per heavy atom. The van der Waals surface area contributed by atoms with Gasteiger partial charge in [-0.15, -0.1) is 0 Å². The van der Waals surface area contributed by atoms with E-state index < -0.39 is 5.97 Å². The molecule has 110 valence electrons. The summed E-state index contributed by atoms with van der Waals surface area (Å²) in [6, 6.07) is 6.16. The molecule has 0 aliphatic heterocycles. The molecule has 20 heavy (non-hydrogen) atoms. The molecule has 0 fully saturated rings. The third-order valence-electron chi connectivity index (χ3n) is 2.77. The number of carboxylic acid groups (broad SMARTS) is 1. The van der Waals surface area contributed by atoms with Crippen LogP contribution in [-0.2, 0) is 6.54 Å². The Bertz CT molecular complexity index is 456. The van der Waals surface area contributed by atoms with E-state index in [0.717, 1.165) is 12.0 Å². The van der Waals surface area contributed by atoms with Crippen molar-refractivity contribution < 1.29 is 19.8 Å². The fourth-order valence-corrected chi connectivity index (χ4v) is 1.81. The molecule has 0 aromatic heterocycles. The van der Waals surface area contributed by atoms with Gasteiger partial charge < -0.3 is 20.4 Å². The van der Waals surface area contributed by atoms with Gasteiger partial charge in [0, 0.05) is 19.6 Å². The Morgan fingerprint density at radius 3 is 2.65 bits per heavy atom. The molecule has 0 radical (unpaired) electrons. The normalized spacial score (nSPS) is 10.1. The number of carbonyl (C=O) groups is 2. The first kappa shape index (κ1) is 16.0. The van der Waals surface area contributed by atoms with Crippen LogP contribution in [-0.4, -0.2) is 46.8 Å². The zero-order chi connectivity index (χ0) is 15.0. The molecule has 1 aromatic carbocycles. The van der Waals surface area contributed by atoms with Gasteiger partial charge in [0.05, 0.1) is 12.2 Å². The van der Waals surface area contributed by atoms with Gasteiger partial charge in [-0.3, -0.25) is 0 Å². The summed E-state index contributed by atoms with van der Waals surface area (Å²) < 4.78 is 0. The van der Waals surface area contributed by atoms with Crippen LogP contribution in [0.1, 0.15) is 29.3 Å². The number of aliphatic hydroxyl groups is 1. The SMILES string of the molecule is CCCN(CCO)C(=O)NCc1cccc(C(=O)O)c1. The van der Waals surface area contributed by atoms with Crippen LogP contribution in [0.4, 0.5) is 4.79 Å². The number of nitrogens with zero attached hydrogens (tertiary/aromatic N) is 1. The molecule has 6 heteroatoms. The van der Waals surface area contributed by atoms with E-state index in [4.69, 9.17) is 10.2 Å². The predicted octanol–water partition coefficient (Wildman–Crippen LogP) is 1.30. The molecule has 1 rings (SSSR count). The van der Waals surface area contributed by atoms with Crippen LogP contribution in [0.5, 0.6) is 0 Å². The molecule has 0 bridgehead atoms. The topological polar surface area (TPSA) is 89.9 Å². The first-order valence-corrected chi connectivity index (χ1v) is 6.54. The second-order valence-corrected chi connectivity index (χ2v) is 4.37. The number of hydrogen-bond donors (Lipinski definition) is 3. The first-order valence-electron chi connectivity index (χ1n) is 6.54. The molecule has 0 unspecified atom stereocenters. The molecule has 0 aliphatic carbocycles. The van der Waals surface area contributed by atoms with Crippen LogP contribution in [0.25, 0.3) is 0 Å². The summed E-state index contributed by atoms with van der Waals surface area (Å²) in [5.74, 6) is -0.994. The lowest BCUT2D eigenvalue weighted by atomic mass is 10.1. The van der Waals surface area contributed by atoms with Crippen LogP contribution in [0, 0.1) is 0 Å². The quantitative estimate of drug-likeness (QED) is 0.702. The number of benzene rings is 1. The Morgan fingerprint density at radius 1 is 1.30 bits per heavy atom. The van der Waals surface area contributed by atoms with Crippen molar-refractivity contribution in [3.05, 3.63) is 35.4 Å². The van der Waals surface area contributed by atoms with Gasteiger partial charge in [0.2, 0.25) is 0 Å². The van der Waals surface area contributed by atoms with Crippen LogP contribution in [0.2, 0.25) is 0 Å². The lowest BCUT2D eigenvalue weighted by molar-refractivity contribution is 0.0696. The average molecular weight is 280 g/mol. The van der Waals surface area contributed by atoms with Crippen molar-refractivity contribution in [1.29, 1.82) is 0 Å². The largest absolute Gasteiger partial charge is 0.478 e. The predicted molar refractivity (Wildman–Crippen MR) is 74.6 cm³/mol.